The van der Waals surface area contributed by atoms with Crippen molar-refractivity contribution in [2.24, 2.45) is 0 Å². The van der Waals surface area contributed by atoms with Gasteiger partial charge in [-0.05, 0) is 17.7 Å². The average molecular weight is 283 g/mol. The Balaban J connectivity index is 2.02. The standard InChI is InChI=1S/C13H15ClN2O3/c1-17-12-6-9(5-11(14)13(12)18-2)7-15-8-10-3-4-16-19-10/h3-6,15H,7-8H2,1-2H3. The van der Waals surface area contributed by atoms with Crippen LogP contribution in [-0.2, 0) is 13.1 Å². The molecule has 0 aliphatic carbocycles. The predicted octanol–water partition coefficient (Wildman–Crippen LogP) is 2.64. The molecule has 0 unspecified atom stereocenters. The lowest BCUT2D eigenvalue weighted by atomic mass is 10.2. The highest BCUT2D eigenvalue weighted by Crippen LogP contribution is 2.35. The van der Waals surface area contributed by atoms with Crippen LogP contribution in [0.3, 0.4) is 0 Å². The van der Waals surface area contributed by atoms with E-state index in [0.29, 0.717) is 29.6 Å². The van der Waals surface area contributed by atoms with Gasteiger partial charge < -0.3 is 19.3 Å². The van der Waals surface area contributed by atoms with Crippen LogP contribution >= 0.6 is 11.6 Å². The second-order valence-corrected chi connectivity index (χ2v) is 4.30. The minimum Gasteiger partial charge on any atom is -0.493 e. The van der Waals surface area contributed by atoms with E-state index in [2.05, 4.69) is 10.5 Å². The summed E-state index contributed by atoms with van der Waals surface area (Å²) >= 11 is 6.13. The van der Waals surface area contributed by atoms with E-state index in [1.807, 2.05) is 18.2 Å². The molecular formula is C13H15ClN2O3. The first-order valence-electron chi connectivity index (χ1n) is 5.75. The summed E-state index contributed by atoms with van der Waals surface area (Å²) in [5, 5.41) is 7.40. The summed E-state index contributed by atoms with van der Waals surface area (Å²) in [5.41, 5.74) is 1.00. The largest absolute Gasteiger partial charge is 0.493 e. The van der Waals surface area contributed by atoms with Gasteiger partial charge in [-0.3, -0.25) is 0 Å². The molecule has 0 atom stereocenters. The summed E-state index contributed by atoms with van der Waals surface area (Å²) in [6, 6.07) is 5.54. The van der Waals surface area contributed by atoms with E-state index in [1.54, 1.807) is 20.4 Å². The molecule has 19 heavy (non-hydrogen) atoms. The fourth-order valence-corrected chi connectivity index (χ4v) is 2.05. The molecule has 0 spiro atoms. The summed E-state index contributed by atoms with van der Waals surface area (Å²) < 4.78 is 15.4. The van der Waals surface area contributed by atoms with Gasteiger partial charge >= 0.3 is 0 Å². The third-order valence-electron chi connectivity index (χ3n) is 2.61. The van der Waals surface area contributed by atoms with Crippen molar-refractivity contribution in [2.45, 2.75) is 13.1 Å². The normalized spacial score (nSPS) is 10.5. The minimum absolute atomic E-state index is 0.526. The van der Waals surface area contributed by atoms with Gasteiger partial charge in [0.05, 0.1) is 32.0 Å². The zero-order chi connectivity index (χ0) is 13.7. The van der Waals surface area contributed by atoms with Crippen LogP contribution < -0.4 is 14.8 Å². The molecule has 0 saturated heterocycles. The molecule has 1 aromatic carbocycles. The number of nitrogens with one attached hydrogen (secondary N) is 1. The lowest BCUT2D eigenvalue weighted by Gasteiger charge is -2.12. The molecule has 0 saturated carbocycles. The second kappa shape index (κ2) is 6.45. The second-order valence-electron chi connectivity index (χ2n) is 3.90. The Morgan fingerprint density at radius 1 is 1.26 bits per heavy atom. The SMILES string of the molecule is COc1cc(CNCc2ccno2)cc(Cl)c1OC. The Labute approximate surface area is 116 Å². The van der Waals surface area contributed by atoms with Gasteiger partial charge in [0, 0.05) is 12.6 Å². The van der Waals surface area contributed by atoms with Crippen molar-refractivity contribution in [1.29, 1.82) is 0 Å². The molecule has 0 amide bonds. The molecule has 0 radical (unpaired) electrons. The summed E-state index contributed by atoms with van der Waals surface area (Å²) in [7, 11) is 3.14. The monoisotopic (exact) mass is 282 g/mol. The third kappa shape index (κ3) is 3.39. The van der Waals surface area contributed by atoms with Gasteiger partial charge in [-0.2, -0.15) is 0 Å². The van der Waals surface area contributed by atoms with Crippen molar-refractivity contribution in [3.8, 4) is 11.5 Å². The first-order valence-corrected chi connectivity index (χ1v) is 6.13. The zero-order valence-corrected chi connectivity index (χ0v) is 11.5. The van der Waals surface area contributed by atoms with Crippen LogP contribution in [-0.4, -0.2) is 19.4 Å². The molecular weight excluding hydrogens is 268 g/mol. The van der Waals surface area contributed by atoms with E-state index < -0.39 is 0 Å². The van der Waals surface area contributed by atoms with Crippen LogP contribution in [0, 0.1) is 0 Å². The Bertz CT molecular complexity index is 529. The quantitative estimate of drug-likeness (QED) is 0.883. The van der Waals surface area contributed by atoms with Crippen LogP contribution in [0.4, 0.5) is 0 Å². The van der Waals surface area contributed by atoms with Gasteiger partial charge in [-0.1, -0.05) is 16.8 Å². The maximum Gasteiger partial charge on any atom is 0.179 e. The fourth-order valence-electron chi connectivity index (χ4n) is 1.74. The molecule has 1 aromatic heterocycles. The maximum atomic E-state index is 6.13. The minimum atomic E-state index is 0.526. The van der Waals surface area contributed by atoms with E-state index >= 15 is 0 Å². The number of hydrogen-bond acceptors (Lipinski definition) is 5. The van der Waals surface area contributed by atoms with E-state index in [9.17, 15) is 0 Å². The van der Waals surface area contributed by atoms with Crippen molar-refractivity contribution in [1.82, 2.24) is 10.5 Å². The van der Waals surface area contributed by atoms with Gasteiger partial charge in [0.1, 0.15) is 5.76 Å². The third-order valence-corrected chi connectivity index (χ3v) is 2.89. The molecule has 2 rings (SSSR count). The van der Waals surface area contributed by atoms with Crippen LogP contribution in [0.25, 0.3) is 0 Å². The van der Waals surface area contributed by atoms with Gasteiger partial charge in [0.25, 0.3) is 0 Å². The van der Waals surface area contributed by atoms with E-state index in [0.717, 1.165) is 11.3 Å². The summed E-state index contributed by atoms with van der Waals surface area (Å²) in [6.07, 6.45) is 1.62. The topological polar surface area (TPSA) is 56.5 Å². The Morgan fingerprint density at radius 2 is 2.11 bits per heavy atom. The van der Waals surface area contributed by atoms with Gasteiger partial charge in [0.2, 0.25) is 0 Å². The number of halogens is 1. The lowest BCUT2D eigenvalue weighted by Crippen LogP contribution is -2.12. The maximum absolute atomic E-state index is 6.13. The van der Waals surface area contributed by atoms with Crippen LogP contribution in [0.1, 0.15) is 11.3 Å². The number of hydrogen-bond donors (Lipinski definition) is 1. The zero-order valence-electron chi connectivity index (χ0n) is 10.8. The number of ether oxygens (including phenoxy) is 2. The highest BCUT2D eigenvalue weighted by molar-refractivity contribution is 6.32. The van der Waals surface area contributed by atoms with Crippen molar-refractivity contribution < 1.29 is 14.0 Å². The highest BCUT2D eigenvalue weighted by Gasteiger charge is 2.10. The van der Waals surface area contributed by atoms with Crippen molar-refractivity contribution in [3.63, 3.8) is 0 Å². The number of nitrogens with zero attached hydrogens (tertiary/aromatic N) is 1. The summed E-state index contributed by atoms with van der Waals surface area (Å²) in [4.78, 5) is 0. The lowest BCUT2D eigenvalue weighted by molar-refractivity contribution is 0.354. The summed E-state index contributed by atoms with van der Waals surface area (Å²) in [5.74, 6) is 1.95. The average Bonchev–Trinajstić information content (AvgIpc) is 2.91. The van der Waals surface area contributed by atoms with E-state index in [-0.39, 0.29) is 0 Å². The van der Waals surface area contributed by atoms with Crippen LogP contribution in [0.5, 0.6) is 11.5 Å². The number of benzene rings is 1. The Morgan fingerprint density at radius 3 is 2.74 bits per heavy atom. The molecule has 0 fully saturated rings. The first kappa shape index (κ1) is 13.7. The van der Waals surface area contributed by atoms with Crippen LogP contribution in [0.15, 0.2) is 28.9 Å². The van der Waals surface area contributed by atoms with Crippen LogP contribution in [0.2, 0.25) is 5.02 Å². The molecule has 0 aliphatic rings. The van der Waals surface area contributed by atoms with E-state index in [4.69, 9.17) is 25.6 Å². The van der Waals surface area contributed by atoms with Gasteiger partial charge in [-0.25, -0.2) is 0 Å². The number of aromatic nitrogens is 1. The molecule has 0 bridgehead atoms. The molecule has 5 nitrogen and oxygen atoms in total. The molecule has 1 N–H and O–H groups in total. The van der Waals surface area contributed by atoms with Gasteiger partial charge in [-0.15, -0.1) is 0 Å². The van der Waals surface area contributed by atoms with Gasteiger partial charge in [0.15, 0.2) is 11.5 Å². The number of methoxy groups -OCH3 is 2. The predicted molar refractivity (Wildman–Crippen MR) is 71.6 cm³/mol. The Hall–Kier alpha value is -1.72. The number of rotatable bonds is 6. The fraction of sp³-hybridized carbons (Fsp3) is 0.308. The smallest absolute Gasteiger partial charge is 0.179 e. The first-order chi connectivity index (χ1) is 9.24. The van der Waals surface area contributed by atoms with Crippen molar-refractivity contribution in [2.75, 3.05) is 14.2 Å². The molecule has 2 aromatic rings. The molecule has 0 aliphatic heterocycles. The summed E-state index contributed by atoms with van der Waals surface area (Å²) in [6.45, 7) is 1.24. The molecule has 1 heterocycles. The molecule has 102 valence electrons. The van der Waals surface area contributed by atoms with Crippen molar-refractivity contribution in [3.05, 3.63) is 40.7 Å². The van der Waals surface area contributed by atoms with E-state index in [1.165, 1.54) is 0 Å². The van der Waals surface area contributed by atoms with Crippen molar-refractivity contribution >= 4 is 11.6 Å². The molecule has 6 heteroatoms. The highest BCUT2D eigenvalue weighted by atomic mass is 35.5. The Kier molecular flexibility index (Phi) is 4.65.